The maximum Gasteiger partial charge on any atom is 0.241 e. The van der Waals surface area contributed by atoms with E-state index in [1.54, 1.807) is 0 Å². The number of ether oxygens (including phenoxy) is 1. The fraction of sp³-hybridized carbons (Fsp3) is 0.571. The van der Waals surface area contributed by atoms with Gasteiger partial charge in [-0.15, -0.1) is 0 Å². The van der Waals surface area contributed by atoms with Gasteiger partial charge in [0.05, 0.1) is 17.0 Å². The van der Waals surface area contributed by atoms with Crippen LogP contribution >= 0.6 is 0 Å². The number of rotatable bonds is 5. The Hall–Kier alpha value is -1.02. The Labute approximate surface area is 123 Å². The molecule has 2 atom stereocenters. The number of benzene rings is 1. The lowest BCUT2D eigenvalue weighted by molar-refractivity contribution is 0.0848. The van der Waals surface area contributed by atoms with Crippen LogP contribution in [0, 0.1) is 11.7 Å². The van der Waals surface area contributed by atoms with Gasteiger partial charge in [-0.25, -0.2) is 17.5 Å². The fourth-order valence-corrected chi connectivity index (χ4v) is 4.42. The summed E-state index contributed by atoms with van der Waals surface area (Å²) in [5.74, 6) is -0.150. The first-order valence-electron chi connectivity index (χ1n) is 7.14. The van der Waals surface area contributed by atoms with E-state index in [1.165, 1.54) is 18.2 Å². The highest BCUT2D eigenvalue weighted by Gasteiger charge is 2.42. The number of nitrogens with one attached hydrogen (secondary N) is 1. The van der Waals surface area contributed by atoms with Gasteiger partial charge in [0.15, 0.2) is 0 Å². The Balaban J connectivity index is 1.85. The van der Waals surface area contributed by atoms with Crippen molar-refractivity contribution in [3.8, 4) is 0 Å². The highest BCUT2D eigenvalue weighted by atomic mass is 32.2. The third-order valence-corrected chi connectivity index (χ3v) is 5.67. The maximum absolute atomic E-state index is 13.7. The largest absolute Gasteiger partial charge is 0.376 e. The third kappa shape index (κ3) is 2.96. The Morgan fingerprint density at radius 1 is 1.33 bits per heavy atom. The second-order valence-electron chi connectivity index (χ2n) is 5.61. The number of hydrogen-bond acceptors (Lipinski definition) is 4. The average molecular weight is 314 g/mol. The highest BCUT2D eigenvalue weighted by molar-refractivity contribution is 7.89. The molecule has 0 radical (unpaired) electrons. The first-order chi connectivity index (χ1) is 10.0. The van der Waals surface area contributed by atoms with E-state index in [4.69, 9.17) is 10.5 Å². The molecule has 3 rings (SSSR count). The van der Waals surface area contributed by atoms with Crippen molar-refractivity contribution in [1.29, 1.82) is 0 Å². The van der Waals surface area contributed by atoms with Crippen molar-refractivity contribution < 1.29 is 17.5 Å². The van der Waals surface area contributed by atoms with E-state index in [2.05, 4.69) is 4.72 Å². The molecule has 1 saturated heterocycles. The van der Waals surface area contributed by atoms with Crippen LogP contribution in [0.4, 0.5) is 4.39 Å². The van der Waals surface area contributed by atoms with Crippen LogP contribution in [0.3, 0.4) is 0 Å². The molecule has 0 aromatic heterocycles. The fourth-order valence-electron chi connectivity index (χ4n) is 2.88. The molecule has 0 bridgehead atoms. The van der Waals surface area contributed by atoms with Crippen LogP contribution in [0.25, 0.3) is 0 Å². The minimum Gasteiger partial charge on any atom is -0.376 e. The van der Waals surface area contributed by atoms with Crippen LogP contribution in [0.15, 0.2) is 23.1 Å². The third-order valence-electron chi connectivity index (χ3n) is 4.10. The highest BCUT2D eigenvalue weighted by Crippen LogP contribution is 2.39. The molecule has 1 saturated carbocycles. The lowest BCUT2D eigenvalue weighted by atomic mass is 10.1. The van der Waals surface area contributed by atoms with Crippen molar-refractivity contribution in [1.82, 2.24) is 4.72 Å². The van der Waals surface area contributed by atoms with Crippen molar-refractivity contribution in [2.75, 3.05) is 6.61 Å². The summed E-state index contributed by atoms with van der Waals surface area (Å²) in [5.41, 5.74) is 5.51. The molecule has 1 aromatic carbocycles. The summed E-state index contributed by atoms with van der Waals surface area (Å²) in [4.78, 5) is -0.0774. The molecular weight excluding hydrogens is 295 g/mol. The normalized spacial score (nSPS) is 26.2. The van der Waals surface area contributed by atoms with Gasteiger partial charge >= 0.3 is 0 Å². The van der Waals surface area contributed by atoms with Gasteiger partial charge in [0.1, 0.15) is 5.82 Å². The molecule has 1 aromatic rings. The van der Waals surface area contributed by atoms with Gasteiger partial charge in [-0.05, 0) is 37.3 Å². The average Bonchev–Trinajstić information content (AvgIpc) is 3.19. The predicted molar refractivity (Wildman–Crippen MR) is 75.5 cm³/mol. The first kappa shape index (κ1) is 14.9. The molecule has 1 aliphatic heterocycles. The van der Waals surface area contributed by atoms with Crippen LogP contribution in [0.2, 0.25) is 0 Å². The smallest absolute Gasteiger partial charge is 0.241 e. The minimum absolute atomic E-state index is 0.0203. The van der Waals surface area contributed by atoms with Gasteiger partial charge < -0.3 is 10.5 Å². The van der Waals surface area contributed by atoms with Crippen LogP contribution in [0.5, 0.6) is 0 Å². The molecule has 2 unspecified atom stereocenters. The maximum atomic E-state index is 13.7. The molecule has 1 aliphatic carbocycles. The molecule has 0 amide bonds. The molecule has 0 spiro atoms. The molecule has 3 N–H and O–H groups in total. The standard InChI is InChI=1S/C14H19FN2O3S/c15-11-2-1-3-13(10(11)8-16)21(18,19)17-12-6-7-20-14(12)9-4-5-9/h1-3,9,12,14,17H,4-8,16H2. The van der Waals surface area contributed by atoms with E-state index < -0.39 is 15.8 Å². The number of halogens is 1. The van der Waals surface area contributed by atoms with Crippen LogP contribution in [-0.4, -0.2) is 27.2 Å². The minimum atomic E-state index is -3.80. The van der Waals surface area contributed by atoms with Crippen molar-refractivity contribution in [2.24, 2.45) is 11.7 Å². The lowest BCUT2D eigenvalue weighted by Gasteiger charge is -2.20. The van der Waals surface area contributed by atoms with Crippen molar-refractivity contribution in [3.63, 3.8) is 0 Å². The van der Waals surface area contributed by atoms with Crippen LogP contribution < -0.4 is 10.5 Å². The Bertz CT molecular complexity index is 631. The molecule has 2 fully saturated rings. The Morgan fingerprint density at radius 2 is 2.10 bits per heavy atom. The number of hydrogen-bond donors (Lipinski definition) is 2. The monoisotopic (exact) mass is 314 g/mol. The molecule has 2 aliphatic rings. The summed E-state index contributed by atoms with van der Waals surface area (Å²) >= 11 is 0. The number of sulfonamides is 1. The van der Waals surface area contributed by atoms with E-state index >= 15 is 0 Å². The molecule has 5 nitrogen and oxygen atoms in total. The van der Waals surface area contributed by atoms with Gasteiger partial charge in [-0.3, -0.25) is 0 Å². The Kier molecular flexibility index (Phi) is 4.00. The summed E-state index contributed by atoms with van der Waals surface area (Å²) in [6, 6.07) is 3.74. The van der Waals surface area contributed by atoms with E-state index in [9.17, 15) is 12.8 Å². The molecular formula is C14H19FN2O3S. The summed E-state index contributed by atoms with van der Waals surface area (Å²) < 4.78 is 47.0. The summed E-state index contributed by atoms with van der Waals surface area (Å²) in [6.45, 7) is 0.400. The zero-order valence-electron chi connectivity index (χ0n) is 11.6. The Morgan fingerprint density at radius 3 is 2.76 bits per heavy atom. The SMILES string of the molecule is NCc1c(F)cccc1S(=O)(=O)NC1CCOC1C1CC1. The zero-order valence-corrected chi connectivity index (χ0v) is 12.4. The van der Waals surface area contributed by atoms with E-state index in [-0.39, 0.29) is 29.1 Å². The van der Waals surface area contributed by atoms with Crippen LogP contribution in [-0.2, 0) is 21.3 Å². The molecule has 21 heavy (non-hydrogen) atoms. The molecule has 1 heterocycles. The predicted octanol–water partition coefficient (Wildman–Crippen LogP) is 1.13. The van der Waals surface area contributed by atoms with E-state index in [1.807, 2.05) is 0 Å². The van der Waals surface area contributed by atoms with E-state index in [0.29, 0.717) is 18.9 Å². The molecule has 116 valence electrons. The van der Waals surface area contributed by atoms with E-state index in [0.717, 1.165) is 12.8 Å². The summed E-state index contributed by atoms with van der Waals surface area (Å²) in [5, 5.41) is 0. The van der Waals surface area contributed by atoms with Crippen molar-refractivity contribution in [2.45, 2.75) is 42.8 Å². The van der Waals surface area contributed by atoms with Gasteiger partial charge in [0.25, 0.3) is 0 Å². The lowest BCUT2D eigenvalue weighted by Crippen LogP contribution is -2.41. The summed E-state index contributed by atoms with van der Waals surface area (Å²) in [6.07, 6.45) is 2.75. The zero-order chi connectivity index (χ0) is 15.0. The quantitative estimate of drug-likeness (QED) is 0.853. The topological polar surface area (TPSA) is 81.4 Å². The van der Waals surface area contributed by atoms with Gasteiger partial charge in [-0.2, -0.15) is 0 Å². The van der Waals surface area contributed by atoms with Gasteiger partial charge in [0.2, 0.25) is 10.0 Å². The van der Waals surface area contributed by atoms with Gasteiger partial charge in [0, 0.05) is 18.7 Å². The van der Waals surface area contributed by atoms with Crippen molar-refractivity contribution in [3.05, 3.63) is 29.6 Å². The number of nitrogens with two attached hydrogens (primary N) is 1. The van der Waals surface area contributed by atoms with Crippen molar-refractivity contribution >= 4 is 10.0 Å². The second-order valence-corrected chi connectivity index (χ2v) is 7.29. The summed E-state index contributed by atoms with van der Waals surface area (Å²) in [7, 11) is -3.80. The van der Waals surface area contributed by atoms with Crippen LogP contribution in [0.1, 0.15) is 24.8 Å². The molecule has 7 heteroatoms. The second kappa shape index (κ2) is 5.64. The van der Waals surface area contributed by atoms with Gasteiger partial charge in [-0.1, -0.05) is 6.07 Å². The first-order valence-corrected chi connectivity index (χ1v) is 8.62.